The fourth-order valence-electron chi connectivity index (χ4n) is 11.2. The third kappa shape index (κ3) is 65.0. The van der Waals surface area contributed by atoms with Crippen LogP contribution in [0.1, 0.15) is 393 Å². The van der Waals surface area contributed by atoms with Crippen LogP contribution in [0.5, 0.6) is 0 Å². The quantitative estimate of drug-likeness (QED) is 0.0420. The summed E-state index contributed by atoms with van der Waals surface area (Å²) in [6.45, 7) is 4.34. The van der Waals surface area contributed by atoms with Crippen LogP contribution in [0.3, 0.4) is 0 Å². The molecule has 0 aliphatic heterocycles. The summed E-state index contributed by atoms with van der Waals surface area (Å²) < 4.78 is 0. The zero-order valence-corrected chi connectivity index (χ0v) is 52.5. The maximum atomic E-state index is 12.5. The first-order valence-corrected chi connectivity index (χ1v) is 35.4. The lowest BCUT2D eigenvalue weighted by Gasteiger charge is -2.20. The number of hydrogen-bond acceptors (Lipinski definition) is 3. The average Bonchev–Trinajstić information content (AvgIpc) is 3.43. The van der Waals surface area contributed by atoms with Gasteiger partial charge in [-0.15, -0.1) is 0 Å². The molecule has 0 aromatic heterocycles. The fourth-order valence-corrected chi connectivity index (χ4v) is 11.2. The highest BCUT2D eigenvalue weighted by Crippen LogP contribution is 2.19. The van der Waals surface area contributed by atoms with Crippen LogP contribution in [0.25, 0.3) is 0 Å². The Morgan fingerprint density at radius 3 is 0.792 bits per heavy atom. The van der Waals surface area contributed by atoms with E-state index in [1.165, 1.54) is 334 Å². The molecular weight excluding hydrogens is 939 g/mol. The number of rotatable bonds is 66. The van der Waals surface area contributed by atoms with Crippen molar-refractivity contribution in [1.82, 2.24) is 5.32 Å². The zero-order chi connectivity index (χ0) is 55.5. The van der Waals surface area contributed by atoms with Crippen LogP contribution in [-0.2, 0) is 4.79 Å². The van der Waals surface area contributed by atoms with Crippen molar-refractivity contribution in [1.29, 1.82) is 0 Å². The van der Waals surface area contributed by atoms with E-state index >= 15 is 0 Å². The molecule has 0 fully saturated rings. The van der Waals surface area contributed by atoms with Gasteiger partial charge >= 0.3 is 0 Å². The third-order valence-corrected chi connectivity index (χ3v) is 16.6. The topological polar surface area (TPSA) is 69.6 Å². The van der Waals surface area contributed by atoms with Crippen molar-refractivity contribution in [2.45, 2.75) is 405 Å². The number of carbonyl (C=O) groups is 1. The second-order valence-corrected chi connectivity index (χ2v) is 24.3. The summed E-state index contributed by atoms with van der Waals surface area (Å²) in [7, 11) is 0. The minimum absolute atomic E-state index is 0.0561. The summed E-state index contributed by atoms with van der Waals surface area (Å²) in [5, 5.41) is 23.3. The van der Waals surface area contributed by atoms with Crippen LogP contribution in [0.2, 0.25) is 0 Å². The number of aliphatic hydroxyl groups excluding tert-OH is 2. The lowest BCUT2D eigenvalue weighted by Crippen LogP contribution is -2.45. The number of unbranched alkanes of at least 4 members (excludes halogenated alkanes) is 53. The normalized spacial score (nSPS) is 12.9. The predicted octanol–water partition coefficient (Wildman–Crippen LogP) is 24.1. The molecule has 0 aliphatic carbocycles. The Morgan fingerprint density at radius 2 is 0.532 bits per heavy atom. The molecule has 0 aliphatic rings. The average molecular weight is 1080 g/mol. The smallest absolute Gasteiger partial charge is 0.220 e. The molecule has 0 heterocycles. The molecule has 2 unspecified atom stereocenters. The Kier molecular flexibility index (Phi) is 67.2. The van der Waals surface area contributed by atoms with Crippen molar-refractivity contribution < 1.29 is 15.0 Å². The van der Waals surface area contributed by atoms with Gasteiger partial charge in [-0.1, -0.05) is 377 Å². The summed E-state index contributed by atoms with van der Waals surface area (Å²) >= 11 is 0. The number of amides is 1. The fraction of sp³-hybridized carbons (Fsp3) is 0.877. The van der Waals surface area contributed by atoms with Gasteiger partial charge in [-0.25, -0.2) is 0 Å². The minimum atomic E-state index is -0.840. The molecule has 0 radical (unpaired) electrons. The SMILES string of the molecule is CCCCCCC/C=C\C/C=C\C/C=C\CCCCCCCCCCCCCCCCCCCCCCCCC(=O)NC(CO)C(O)/C=C/CCCCCCCCCCCCCCCCCCCCCCCCCCCC. The van der Waals surface area contributed by atoms with Gasteiger partial charge in [0, 0.05) is 6.42 Å². The Bertz CT molecular complexity index is 1220. The van der Waals surface area contributed by atoms with E-state index < -0.39 is 12.1 Å². The van der Waals surface area contributed by atoms with Gasteiger partial charge in [-0.05, 0) is 57.8 Å². The predicted molar refractivity (Wildman–Crippen MR) is 345 cm³/mol. The molecule has 4 heteroatoms. The maximum Gasteiger partial charge on any atom is 0.220 e. The lowest BCUT2D eigenvalue weighted by atomic mass is 10.0. The van der Waals surface area contributed by atoms with Crippen LogP contribution in [-0.4, -0.2) is 34.9 Å². The number of aliphatic hydroxyl groups is 2. The number of carbonyl (C=O) groups excluding carboxylic acids is 1. The summed E-state index contributed by atoms with van der Waals surface area (Å²) in [6.07, 6.45) is 96.3. The van der Waals surface area contributed by atoms with Crippen molar-refractivity contribution in [3.05, 3.63) is 48.6 Å². The van der Waals surface area contributed by atoms with Crippen LogP contribution in [0.4, 0.5) is 0 Å². The van der Waals surface area contributed by atoms with Gasteiger partial charge in [-0.3, -0.25) is 4.79 Å². The molecule has 1 amide bonds. The van der Waals surface area contributed by atoms with Crippen molar-refractivity contribution in [2.24, 2.45) is 0 Å². The summed E-state index contributed by atoms with van der Waals surface area (Å²) in [6, 6.07) is -0.623. The first kappa shape index (κ1) is 75.3. The highest BCUT2D eigenvalue weighted by molar-refractivity contribution is 5.76. The van der Waals surface area contributed by atoms with Gasteiger partial charge in [0.25, 0.3) is 0 Å². The van der Waals surface area contributed by atoms with E-state index in [0.29, 0.717) is 6.42 Å². The Hall–Kier alpha value is -1.65. The lowest BCUT2D eigenvalue weighted by molar-refractivity contribution is -0.123. The molecular formula is C73H139NO3. The minimum Gasteiger partial charge on any atom is -0.394 e. The molecule has 0 saturated carbocycles. The number of allylic oxidation sites excluding steroid dienone is 7. The van der Waals surface area contributed by atoms with Crippen molar-refractivity contribution in [2.75, 3.05) is 6.61 Å². The van der Waals surface area contributed by atoms with E-state index in [2.05, 4.69) is 55.6 Å². The van der Waals surface area contributed by atoms with E-state index in [4.69, 9.17) is 0 Å². The molecule has 3 N–H and O–H groups in total. The van der Waals surface area contributed by atoms with Crippen LogP contribution < -0.4 is 5.32 Å². The Morgan fingerprint density at radius 1 is 0.312 bits per heavy atom. The highest BCUT2D eigenvalue weighted by Gasteiger charge is 2.18. The first-order chi connectivity index (χ1) is 38.2. The largest absolute Gasteiger partial charge is 0.394 e. The summed E-state index contributed by atoms with van der Waals surface area (Å²) in [5.41, 5.74) is 0. The third-order valence-electron chi connectivity index (χ3n) is 16.6. The molecule has 454 valence electrons. The van der Waals surface area contributed by atoms with E-state index in [1.807, 2.05) is 6.08 Å². The number of hydrogen-bond donors (Lipinski definition) is 3. The van der Waals surface area contributed by atoms with Crippen molar-refractivity contribution in [3.63, 3.8) is 0 Å². The standard InChI is InChI=1S/C73H139NO3/c1-3-5-7-9-11-13-15-17-19-21-23-25-27-29-31-33-34-35-36-37-38-39-40-41-43-45-47-49-51-53-55-57-59-61-63-65-67-69-73(77)74-71(70-75)72(76)68-66-64-62-60-58-56-54-52-50-48-46-44-42-32-30-28-26-24-22-20-18-16-14-12-10-8-6-4-2/h15,17,21,23,27,29,66,68,71-72,75-76H,3-14,16,18-20,22,24-26,28,30-65,67,69-70H2,1-2H3,(H,74,77)/b17-15-,23-21-,29-27-,68-66+. The van der Waals surface area contributed by atoms with Crippen LogP contribution in [0, 0.1) is 0 Å². The Labute approximate surface area is 484 Å². The second kappa shape index (κ2) is 68.6. The van der Waals surface area contributed by atoms with Gasteiger partial charge in [0.1, 0.15) is 0 Å². The zero-order valence-electron chi connectivity index (χ0n) is 52.5. The van der Waals surface area contributed by atoms with Gasteiger partial charge < -0.3 is 15.5 Å². The molecule has 0 aromatic rings. The van der Waals surface area contributed by atoms with Crippen molar-refractivity contribution in [3.8, 4) is 0 Å². The molecule has 0 rings (SSSR count). The van der Waals surface area contributed by atoms with Crippen molar-refractivity contribution >= 4 is 5.91 Å². The van der Waals surface area contributed by atoms with E-state index in [0.717, 1.165) is 38.5 Å². The molecule has 0 saturated heterocycles. The van der Waals surface area contributed by atoms with E-state index in [-0.39, 0.29) is 12.5 Å². The molecule has 0 bridgehead atoms. The molecule has 2 atom stereocenters. The monoisotopic (exact) mass is 1080 g/mol. The summed E-state index contributed by atoms with van der Waals surface area (Å²) in [4.78, 5) is 12.5. The summed E-state index contributed by atoms with van der Waals surface area (Å²) in [5.74, 6) is -0.0561. The maximum absolute atomic E-state index is 12.5. The number of nitrogens with one attached hydrogen (secondary N) is 1. The molecule has 0 spiro atoms. The molecule has 77 heavy (non-hydrogen) atoms. The Balaban J connectivity index is 3.42. The van der Waals surface area contributed by atoms with E-state index in [9.17, 15) is 15.0 Å². The van der Waals surface area contributed by atoms with Gasteiger partial charge in [-0.2, -0.15) is 0 Å². The molecule has 4 nitrogen and oxygen atoms in total. The van der Waals surface area contributed by atoms with Crippen LogP contribution in [0.15, 0.2) is 48.6 Å². The van der Waals surface area contributed by atoms with Gasteiger partial charge in [0.05, 0.1) is 18.8 Å². The second-order valence-electron chi connectivity index (χ2n) is 24.3. The van der Waals surface area contributed by atoms with Gasteiger partial charge in [0.2, 0.25) is 5.91 Å². The van der Waals surface area contributed by atoms with Crippen LogP contribution >= 0.6 is 0 Å². The molecule has 0 aromatic carbocycles. The van der Waals surface area contributed by atoms with E-state index in [1.54, 1.807) is 6.08 Å². The highest BCUT2D eigenvalue weighted by atomic mass is 16.3. The first-order valence-electron chi connectivity index (χ1n) is 35.4. The van der Waals surface area contributed by atoms with Gasteiger partial charge in [0.15, 0.2) is 0 Å².